The van der Waals surface area contributed by atoms with E-state index in [1.165, 1.54) is 12.8 Å². The number of halogens is 1. The lowest BCUT2D eigenvalue weighted by Crippen LogP contribution is -2.39. The highest BCUT2D eigenvalue weighted by atomic mass is 19.1. The fourth-order valence-corrected chi connectivity index (χ4v) is 2.91. The van der Waals surface area contributed by atoms with Crippen LogP contribution in [0.25, 0.3) is 0 Å². The van der Waals surface area contributed by atoms with Crippen molar-refractivity contribution in [3.63, 3.8) is 0 Å². The largest absolute Gasteiger partial charge is 0.316 e. The van der Waals surface area contributed by atoms with Crippen LogP contribution in [0.5, 0.6) is 0 Å². The van der Waals surface area contributed by atoms with Crippen molar-refractivity contribution < 1.29 is 4.39 Å². The third-order valence-corrected chi connectivity index (χ3v) is 3.94. The quantitative estimate of drug-likeness (QED) is 0.859. The maximum atomic E-state index is 13.7. The summed E-state index contributed by atoms with van der Waals surface area (Å²) in [6, 6.07) is 7.13. The van der Waals surface area contributed by atoms with E-state index in [0.29, 0.717) is 11.8 Å². The van der Waals surface area contributed by atoms with Crippen LogP contribution in [0.1, 0.15) is 32.3 Å². The van der Waals surface area contributed by atoms with Crippen LogP contribution in [0.2, 0.25) is 0 Å². The van der Waals surface area contributed by atoms with Crippen molar-refractivity contribution in [3.05, 3.63) is 35.6 Å². The molecule has 1 unspecified atom stereocenters. The summed E-state index contributed by atoms with van der Waals surface area (Å²) in [4.78, 5) is 2.39. The molecule has 1 saturated heterocycles. The van der Waals surface area contributed by atoms with E-state index < -0.39 is 0 Å². The van der Waals surface area contributed by atoms with Gasteiger partial charge in [0.05, 0.1) is 0 Å². The summed E-state index contributed by atoms with van der Waals surface area (Å²) < 4.78 is 13.7. The van der Waals surface area contributed by atoms with Crippen LogP contribution in [-0.2, 0) is 6.54 Å². The first-order valence-electron chi connectivity index (χ1n) is 7.81. The van der Waals surface area contributed by atoms with Crippen LogP contribution in [0.3, 0.4) is 0 Å². The molecule has 2 rings (SSSR count). The molecule has 1 aliphatic rings. The monoisotopic (exact) mass is 278 g/mol. The predicted molar refractivity (Wildman–Crippen MR) is 82.1 cm³/mol. The summed E-state index contributed by atoms with van der Waals surface area (Å²) in [5, 5.41) is 3.55. The van der Waals surface area contributed by atoms with Crippen molar-refractivity contribution in [1.29, 1.82) is 0 Å². The molecule has 0 spiro atoms. The molecule has 0 amide bonds. The molecule has 1 aromatic rings. The molecule has 3 heteroatoms. The molecular weight excluding hydrogens is 251 g/mol. The molecule has 0 bridgehead atoms. The van der Waals surface area contributed by atoms with Gasteiger partial charge in [-0.3, -0.25) is 4.90 Å². The Morgan fingerprint density at radius 1 is 1.35 bits per heavy atom. The fourth-order valence-electron chi connectivity index (χ4n) is 2.91. The standard InChI is InChI=1S/C17H27FN2/c1-14(2)10-19-11-15-6-5-9-20(12-15)13-16-7-3-4-8-17(16)18/h3-4,7-8,14-15,19H,5-6,9-13H2,1-2H3. The molecule has 0 saturated carbocycles. The topological polar surface area (TPSA) is 15.3 Å². The van der Waals surface area contributed by atoms with E-state index in [9.17, 15) is 4.39 Å². The van der Waals surface area contributed by atoms with Gasteiger partial charge in [0.2, 0.25) is 0 Å². The lowest BCUT2D eigenvalue weighted by atomic mass is 9.97. The van der Waals surface area contributed by atoms with E-state index >= 15 is 0 Å². The molecule has 1 aromatic carbocycles. The van der Waals surface area contributed by atoms with Crippen LogP contribution in [0, 0.1) is 17.7 Å². The molecule has 20 heavy (non-hydrogen) atoms. The van der Waals surface area contributed by atoms with Crippen LogP contribution in [0.15, 0.2) is 24.3 Å². The third kappa shape index (κ3) is 4.88. The van der Waals surface area contributed by atoms with Crippen molar-refractivity contribution in [3.8, 4) is 0 Å². The van der Waals surface area contributed by atoms with Gasteiger partial charge in [-0.2, -0.15) is 0 Å². The third-order valence-electron chi connectivity index (χ3n) is 3.94. The van der Waals surface area contributed by atoms with Crippen LogP contribution in [-0.4, -0.2) is 31.1 Å². The smallest absolute Gasteiger partial charge is 0.127 e. The summed E-state index contributed by atoms with van der Waals surface area (Å²) in [6.45, 7) is 9.56. The first-order valence-corrected chi connectivity index (χ1v) is 7.81. The minimum Gasteiger partial charge on any atom is -0.316 e. The minimum absolute atomic E-state index is 0.0763. The SMILES string of the molecule is CC(C)CNCC1CCCN(Cc2ccccc2F)C1. The van der Waals surface area contributed by atoms with Gasteiger partial charge in [-0.25, -0.2) is 4.39 Å². The van der Waals surface area contributed by atoms with Gasteiger partial charge in [0, 0.05) is 18.7 Å². The summed E-state index contributed by atoms with van der Waals surface area (Å²) in [7, 11) is 0. The number of rotatable bonds is 6. The normalized spacial score (nSPS) is 20.5. The lowest BCUT2D eigenvalue weighted by molar-refractivity contribution is 0.163. The van der Waals surface area contributed by atoms with Gasteiger partial charge < -0.3 is 5.32 Å². The number of benzene rings is 1. The van der Waals surface area contributed by atoms with Crippen molar-refractivity contribution >= 4 is 0 Å². The van der Waals surface area contributed by atoms with Crippen LogP contribution < -0.4 is 5.32 Å². The molecular formula is C17H27FN2. The molecule has 112 valence electrons. The average Bonchev–Trinajstić information content (AvgIpc) is 2.41. The molecule has 0 radical (unpaired) electrons. The first kappa shape index (κ1) is 15.5. The van der Waals surface area contributed by atoms with E-state index in [4.69, 9.17) is 0 Å². The second kappa shape index (κ2) is 7.75. The minimum atomic E-state index is -0.0763. The summed E-state index contributed by atoms with van der Waals surface area (Å²) in [5.74, 6) is 1.33. The van der Waals surface area contributed by atoms with E-state index in [1.54, 1.807) is 12.1 Å². The van der Waals surface area contributed by atoms with Gasteiger partial charge in [0.15, 0.2) is 0 Å². The van der Waals surface area contributed by atoms with Crippen molar-refractivity contribution in [2.45, 2.75) is 33.2 Å². The highest BCUT2D eigenvalue weighted by molar-refractivity contribution is 5.17. The second-order valence-corrected chi connectivity index (χ2v) is 6.39. The molecule has 0 aromatic heterocycles. The highest BCUT2D eigenvalue weighted by Crippen LogP contribution is 2.19. The first-order chi connectivity index (χ1) is 9.65. The Balaban J connectivity index is 1.80. The van der Waals surface area contributed by atoms with E-state index in [1.807, 2.05) is 12.1 Å². The van der Waals surface area contributed by atoms with Gasteiger partial charge in [0.1, 0.15) is 5.82 Å². The zero-order valence-electron chi connectivity index (χ0n) is 12.7. The number of nitrogens with zero attached hydrogens (tertiary/aromatic N) is 1. The van der Waals surface area contributed by atoms with Gasteiger partial charge in [-0.1, -0.05) is 32.0 Å². The highest BCUT2D eigenvalue weighted by Gasteiger charge is 2.20. The maximum Gasteiger partial charge on any atom is 0.127 e. The van der Waals surface area contributed by atoms with Crippen molar-refractivity contribution in [2.75, 3.05) is 26.2 Å². The van der Waals surface area contributed by atoms with Crippen LogP contribution in [0.4, 0.5) is 4.39 Å². The fraction of sp³-hybridized carbons (Fsp3) is 0.647. The molecule has 2 nitrogen and oxygen atoms in total. The van der Waals surface area contributed by atoms with Crippen LogP contribution >= 0.6 is 0 Å². The number of nitrogens with one attached hydrogen (secondary N) is 1. The van der Waals surface area contributed by atoms with E-state index in [-0.39, 0.29) is 5.82 Å². The Labute approximate surface area is 122 Å². The molecule has 0 aliphatic carbocycles. The van der Waals surface area contributed by atoms with Crippen molar-refractivity contribution in [2.24, 2.45) is 11.8 Å². The molecule has 1 N–H and O–H groups in total. The predicted octanol–water partition coefficient (Wildman–Crippen LogP) is 3.28. The molecule has 1 fully saturated rings. The number of likely N-dealkylation sites (tertiary alicyclic amines) is 1. The lowest BCUT2D eigenvalue weighted by Gasteiger charge is -2.33. The Bertz CT molecular complexity index is 406. The maximum absolute atomic E-state index is 13.7. The van der Waals surface area contributed by atoms with Crippen molar-refractivity contribution in [1.82, 2.24) is 10.2 Å². The van der Waals surface area contributed by atoms with Gasteiger partial charge in [0.25, 0.3) is 0 Å². The molecule has 1 aliphatic heterocycles. The zero-order chi connectivity index (χ0) is 14.4. The second-order valence-electron chi connectivity index (χ2n) is 6.39. The summed E-state index contributed by atoms with van der Waals surface area (Å²) >= 11 is 0. The Hall–Kier alpha value is -0.930. The summed E-state index contributed by atoms with van der Waals surface area (Å²) in [5.41, 5.74) is 0.822. The summed E-state index contributed by atoms with van der Waals surface area (Å²) in [6.07, 6.45) is 2.52. The van der Waals surface area contributed by atoms with Gasteiger partial charge in [-0.05, 0) is 50.4 Å². The number of hydrogen-bond donors (Lipinski definition) is 1. The molecule has 1 heterocycles. The zero-order valence-corrected chi connectivity index (χ0v) is 12.7. The van der Waals surface area contributed by atoms with E-state index in [2.05, 4.69) is 24.1 Å². The Morgan fingerprint density at radius 3 is 2.90 bits per heavy atom. The average molecular weight is 278 g/mol. The van der Waals surface area contributed by atoms with Gasteiger partial charge >= 0.3 is 0 Å². The van der Waals surface area contributed by atoms with E-state index in [0.717, 1.165) is 38.3 Å². The number of piperidine rings is 1. The number of hydrogen-bond acceptors (Lipinski definition) is 2. The Kier molecular flexibility index (Phi) is 5.99. The van der Waals surface area contributed by atoms with Gasteiger partial charge in [-0.15, -0.1) is 0 Å². The Morgan fingerprint density at radius 2 is 2.15 bits per heavy atom. The molecule has 1 atom stereocenters.